The summed E-state index contributed by atoms with van der Waals surface area (Å²) in [5.74, 6) is 0.388. The Balaban J connectivity index is 1.92. The van der Waals surface area contributed by atoms with Gasteiger partial charge in [0.2, 0.25) is 0 Å². The molecule has 2 heterocycles. The van der Waals surface area contributed by atoms with Gasteiger partial charge in [-0.2, -0.15) is 0 Å². The van der Waals surface area contributed by atoms with Crippen LogP contribution in [0.15, 0.2) is 42.6 Å². The van der Waals surface area contributed by atoms with Crippen LogP contribution in [0, 0.1) is 0 Å². The number of carbonyl (C=O) groups is 1. The number of hydrogen-bond acceptors (Lipinski definition) is 6. The van der Waals surface area contributed by atoms with Crippen LogP contribution in [0.4, 0.5) is 10.9 Å². The Bertz CT molecular complexity index is 755. The van der Waals surface area contributed by atoms with Crippen LogP contribution in [0.25, 0.3) is 10.2 Å². The summed E-state index contributed by atoms with van der Waals surface area (Å²) in [5, 5.41) is 3.87. The van der Waals surface area contributed by atoms with Crippen LogP contribution < -0.4 is 5.32 Å². The molecule has 0 saturated carbocycles. The lowest BCUT2D eigenvalue weighted by Crippen LogP contribution is -1.99. The van der Waals surface area contributed by atoms with Crippen molar-refractivity contribution in [3.63, 3.8) is 0 Å². The molecular formula is C14H11N3O2S. The maximum Gasteiger partial charge on any atom is 0.337 e. The number of hydrogen-bond donors (Lipinski definition) is 1. The maximum atomic E-state index is 11.5. The lowest BCUT2D eigenvalue weighted by atomic mass is 10.2. The maximum absolute atomic E-state index is 11.5. The van der Waals surface area contributed by atoms with Gasteiger partial charge in [-0.3, -0.25) is 0 Å². The Labute approximate surface area is 119 Å². The van der Waals surface area contributed by atoms with Crippen molar-refractivity contribution in [2.45, 2.75) is 0 Å². The van der Waals surface area contributed by atoms with E-state index in [9.17, 15) is 4.79 Å². The quantitative estimate of drug-likeness (QED) is 0.748. The summed E-state index contributed by atoms with van der Waals surface area (Å²) < 4.78 is 5.63. The van der Waals surface area contributed by atoms with Gasteiger partial charge in [0.1, 0.15) is 5.82 Å². The van der Waals surface area contributed by atoms with E-state index in [2.05, 4.69) is 15.3 Å². The van der Waals surface area contributed by atoms with E-state index in [0.29, 0.717) is 5.56 Å². The molecule has 0 aliphatic heterocycles. The van der Waals surface area contributed by atoms with Gasteiger partial charge in [0.05, 0.1) is 22.9 Å². The van der Waals surface area contributed by atoms with Gasteiger partial charge >= 0.3 is 5.97 Å². The fourth-order valence-corrected chi connectivity index (χ4v) is 2.68. The highest BCUT2D eigenvalue weighted by molar-refractivity contribution is 7.22. The van der Waals surface area contributed by atoms with Crippen molar-refractivity contribution in [1.82, 2.24) is 9.97 Å². The first-order chi connectivity index (χ1) is 9.76. The molecular weight excluding hydrogens is 274 g/mol. The molecule has 0 fully saturated rings. The highest BCUT2D eigenvalue weighted by Crippen LogP contribution is 2.28. The fraction of sp³-hybridized carbons (Fsp3) is 0.0714. The molecule has 0 saturated heterocycles. The van der Waals surface area contributed by atoms with E-state index in [1.54, 1.807) is 18.3 Å². The largest absolute Gasteiger partial charge is 0.465 e. The van der Waals surface area contributed by atoms with Crippen molar-refractivity contribution in [2.75, 3.05) is 12.4 Å². The van der Waals surface area contributed by atoms with Crippen molar-refractivity contribution in [3.8, 4) is 0 Å². The zero-order chi connectivity index (χ0) is 13.9. The average molecular weight is 285 g/mol. The third kappa shape index (κ3) is 2.46. The molecule has 0 unspecified atom stereocenters. The van der Waals surface area contributed by atoms with E-state index in [1.807, 2.05) is 24.3 Å². The third-order valence-corrected chi connectivity index (χ3v) is 3.64. The molecule has 0 radical (unpaired) electrons. The monoisotopic (exact) mass is 285 g/mol. The van der Waals surface area contributed by atoms with Crippen LogP contribution in [0.2, 0.25) is 0 Å². The van der Waals surface area contributed by atoms with Crippen molar-refractivity contribution < 1.29 is 9.53 Å². The summed E-state index contributed by atoms with van der Waals surface area (Å²) in [7, 11) is 1.37. The number of benzene rings is 1. The molecule has 0 aliphatic rings. The predicted molar refractivity (Wildman–Crippen MR) is 78.5 cm³/mol. The first kappa shape index (κ1) is 12.6. The van der Waals surface area contributed by atoms with Gasteiger partial charge in [0.15, 0.2) is 5.13 Å². The van der Waals surface area contributed by atoms with E-state index in [4.69, 9.17) is 4.74 Å². The number of esters is 1. The summed E-state index contributed by atoms with van der Waals surface area (Å²) in [6.45, 7) is 0. The molecule has 2 aromatic heterocycles. The summed E-state index contributed by atoms with van der Waals surface area (Å²) in [4.78, 5) is 20.1. The SMILES string of the molecule is COC(=O)c1ccc2nc(Nc3ccccn3)sc2c1. The van der Waals surface area contributed by atoms with Crippen LogP contribution in [-0.4, -0.2) is 23.0 Å². The molecule has 0 aliphatic carbocycles. The van der Waals surface area contributed by atoms with E-state index >= 15 is 0 Å². The number of rotatable bonds is 3. The Morgan fingerprint density at radius 1 is 1.30 bits per heavy atom. The van der Waals surface area contributed by atoms with Crippen LogP contribution in [0.3, 0.4) is 0 Å². The summed E-state index contributed by atoms with van der Waals surface area (Å²) in [5.41, 5.74) is 1.36. The molecule has 3 aromatic rings. The minimum absolute atomic E-state index is 0.348. The van der Waals surface area contributed by atoms with Crippen molar-refractivity contribution in [3.05, 3.63) is 48.2 Å². The van der Waals surface area contributed by atoms with Gasteiger partial charge in [-0.25, -0.2) is 14.8 Å². The van der Waals surface area contributed by atoms with Gasteiger partial charge < -0.3 is 10.1 Å². The molecule has 20 heavy (non-hydrogen) atoms. The molecule has 0 amide bonds. The molecule has 5 nitrogen and oxygen atoms in total. The van der Waals surface area contributed by atoms with Crippen LogP contribution in [-0.2, 0) is 4.74 Å². The number of ether oxygens (including phenoxy) is 1. The minimum Gasteiger partial charge on any atom is -0.465 e. The van der Waals surface area contributed by atoms with E-state index in [1.165, 1.54) is 18.4 Å². The van der Waals surface area contributed by atoms with Crippen LogP contribution in [0.5, 0.6) is 0 Å². The molecule has 1 N–H and O–H groups in total. The summed E-state index contributed by atoms with van der Waals surface area (Å²) in [6.07, 6.45) is 1.71. The molecule has 0 atom stereocenters. The molecule has 0 bridgehead atoms. The number of pyridine rings is 1. The van der Waals surface area contributed by atoms with Gasteiger partial charge in [-0.05, 0) is 30.3 Å². The van der Waals surface area contributed by atoms with Crippen molar-refractivity contribution in [2.24, 2.45) is 0 Å². The second-order valence-corrected chi connectivity index (χ2v) is 5.06. The topological polar surface area (TPSA) is 64.1 Å². The second kappa shape index (κ2) is 5.26. The van der Waals surface area contributed by atoms with Gasteiger partial charge in [0, 0.05) is 6.20 Å². The average Bonchev–Trinajstić information content (AvgIpc) is 2.88. The lowest BCUT2D eigenvalue weighted by Gasteiger charge is -1.98. The Kier molecular flexibility index (Phi) is 3.30. The van der Waals surface area contributed by atoms with Crippen molar-refractivity contribution in [1.29, 1.82) is 0 Å². The first-order valence-electron chi connectivity index (χ1n) is 5.93. The van der Waals surface area contributed by atoms with E-state index in [-0.39, 0.29) is 5.97 Å². The van der Waals surface area contributed by atoms with E-state index < -0.39 is 0 Å². The number of fused-ring (bicyclic) bond motifs is 1. The Morgan fingerprint density at radius 3 is 2.95 bits per heavy atom. The third-order valence-electron chi connectivity index (χ3n) is 2.71. The number of methoxy groups -OCH3 is 1. The molecule has 3 rings (SSSR count). The van der Waals surface area contributed by atoms with Gasteiger partial charge in [-0.1, -0.05) is 17.4 Å². The minimum atomic E-state index is -0.348. The van der Waals surface area contributed by atoms with Crippen molar-refractivity contribution >= 4 is 38.5 Å². The van der Waals surface area contributed by atoms with Gasteiger partial charge in [-0.15, -0.1) is 0 Å². The molecule has 1 aromatic carbocycles. The fourth-order valence-electron chi connectivity index (χ4n) is 1.77. The van der Waals surface area contributed by atoms with Crippen LogP contribution >= 0.6 is 11.3 Å². The zero-order valence-electron chi connectivity index (χ0n) is 10.7. The number of nitrogens with one attached hydrogen (secondary N) is 1. The number of carbonyl (C=O) groups excluding carboxylic acids is 1. The number of thiazole rings is 1. The number of anilines is 2. The molecule has 100 valence electrons. The zero-order valence-corrected chi connectivity index (χ0v) is 11.5. The molecule has 6 heteroatoms. The second-order valence-electron chi connectivity index (χ2n) is 4.03. The standard InChI is InChI=1S/C14H11N3O2S/c1-19-13(18)9-5-6-10-11(8-9)20-14(16-10)17-12-4-2-3-7-15-12/h2-8H,1H3,(H,15,16,17). The lowest BCUT2D eigenvalue weighted by molar-refractivity contribution is 0.0601. The summed E-state index contributed by atoms with van der Waals surface area (Å²) >= 11 is 1.46. The highest BCUT2D eigenvalue weighted by atomic mass is 32.1. The first-order valence-corrected chi connectivity index (χ1v) is 6.75. The number of aromatic nitrogens is 2. The Morgan fingerprint density at radius 2 is 2.20 bits per heavy atom. The normalized spacial score (nSPS) is 10.4. The van der Waals surface area contributed by atoms with E-state index in [0.717, 1.165) is 21.2 Å². The summed E-state index contributed by atoms with van der Waals surface area (Å²) in [6, 6.07) is 10.9. The Hall–Kier alpha value is -2.47. The van der Waals surface area contributed by atoms with Crippen LogP contribution in [0.1, 0.15) is 10.4 Å². The number of nitrogens with zero attached hydrogens (tertiary/aromatic N) is 2. The smallest absolute Gasteiger partial charge is 0.337 e. The predicted octanol–water partition coefficient (Wildman–Crippen LogP) is 3.22. The highest BCUT2D eigenvalue weighted by Gasteiger charge is 2.09. The van der Waals surface area contributed by atoms with Gasteiger partial charge in [0.25, 0.3) is 0 Å². The molecule has 0 spiro atoms.